The van der Waals surface area contributed by atoms with Gasteiger partial charge in [0.15, 0.2) is 5.76 Å². The van der Waals surface area contributed by atoms with E-state index in [0.717, 1.165) is 0 Å². The monoisotopic (exact) mass is 264 g/mol. The molecule has 1 aromatic rings. The van der Waals surface area contributed by atoms with Gasteiger partial charge in [0.1, 0.15) is 10.5 Å². The highest BCUT2D eigenvalue weighted by Gasteiger charge is 2.20. The van der Waals surface area contributed by atoms with Crippen molar-refractivity contribution in [3.8, 4) is 5.88 Å². The predicted molar refractivity (Wildman–Crippen MR) is 50.1 cm³/mol. The number of hydrogen-bond acceptors (Lipinski definition) is 5. The summed E-state index contributed by atoms with van der Waals surface area (Å²) in [5.41, 5.74) is 5.32. The van der Waals surface area contributed by atoms with Crippen molar-refractivity contribution < 1.29 is 19.2 Å². The lowest BCUT2D eigenvalue weighted by atomic mass is 10.2. The van der Waals surface area contributed by atoms with E-state index in [1.54, 1.807) is 0 Å². The smallest absolute Gasteiger partial charge is 0.320 e. The molecular formula is C7H9BrN2O4. The lowest BCUT2D eigenvalue weighted by molar-refractivity contribution is -0.138. The van der Waals surface area contributed by atoms with Gasteiger partial charge in [-0.1, -0.05) is 0 Å². The molecule has 0 amide bonds. The first-order valence-corrected chi connectivity index (χ1v) is 4.52. The van der Waals surface area contributed by atoms with Crippen LogP contribution < -0.4 is 10.5 Å². The third-order valence-electron chi connectivity index (χ3n) is 1.59. The lowest BCUT2D eigenvalue weighted by Gasteiger charge is -2.02. The van der Waals surface area contributed by atoms with E-state index in [2.05, 4.69) is 21.1 Å². The molecule has 1 rings (SSSR count). The summed E-state index contributed by atoms with van der Waals surface area (Å²) in [7, 11) is 1.43. The van der Waals surface area contributed by atoms with Gasteiger partial charge in [0, 0.05) is 6.42 Å². The molecule has 3 N–H and O–H groups in total. The van der Waals surface area contributed by atoms with Gasteiger partial charge in [-0.3, -0.25) is 4.79 Å². The molecule has 1 atom stereocenters. The molecule has 0 bridgehead atoms. The number of carboxylic acids is 1. The average molecular weight is 265 g/mol. The molecule has 1 aromatic heterocycles. The average Bonchev–Trinajstić information content (AvgIpc) is 2.47. The Morgan fingerprint density at radius 3 is 2.93 bits per heavy atom. The number of aliphatic carboxylic acids is 1. The Kier molecular flexibility index (Phi) is 3.48. The van der Waals surface area contributed by atoms with Crippen molar-refractivity contribution in [1.82, 2.24) is 5.16 Å². The molecule has 0 aromatic carbocycles. The Morgan fingerprint density at radius 1 is 1.86 bits per heavy atom. The number of hydrogen-bond donors (Lipinski definition) is 2. The SMILES string of the molecule is COc1noc(C[C@@H](N)C(=O)O)c1Br. The van der Waals surface area contributed by atoms with Crippen LogP contribution in [0.25, 0.3) is 0 Å². The minimum absolute atomic E-state index is 0.0618. The number of nitrogens with zero attached hydrogens (tertiary/aromatic N) is 1. The second kappa shape index (κ2) is 4.43. The number of carbonyl (C=O) groups is 1. The molecule has 0 fully saturated rings. The van der Waals surface area contributed by atoms with Crippen molar-refractivity contribution in [3.63, 3.8) is 0 Å². The molecule has 0 saturated carbocycles. The van der Waals surface area contributed by atoms with Crippen LogP contribution in [0.3, 0.4) is 0 Å². The second-order valence-corrected chi connectivity index (χ2v) is 3.37. The fourth-order valence-corrected chi connectivity index (χ4v) is 1.31. The highest BCUT2D eigenvalue weighted by Crippen LogP contribution is 2.28. The van der Waals surface area contributed by atoms with Crippen LogP contribution in [-0.4, -0.2) is 29.4 Å². The Bertz CT molecular complexity index is 338. The summed E-state index contributed by atoms with van der Waals surface area (Å²) in [6, 6.07) is -1.01. The zero-order chi connectivity index (χ0) is 10.7. The number of rotatable bonds is 4. The van der Waals surface area contributed by atoms with Crippen molar-refractivity contribution in [2.24, 2.45) is 5.73 Å². The van der Waals surface area contributed by atoms with Crippen LogP contribution in [0.15, 0.2) is 9.00 Å². The van der Waals surface area contributed by atoms with Crippen LogP contribution in [-0.2, 0) is 11.2 Å². The van der Waals surface area contributed by atoms with E-state index in [0.29, 0.717) is 10.2 Å². The topological polar surface area (TPSA) is 98.6 Å². The highest BCUT2D eigenvalue weighted by molar-refractivity contribution is 9.10. The Labute approximate surface area is 88.1 Å². The minimum atomic E-state index is -1.09. The molecule has 6 nitrogen and oxygen atoms in total. The van der Waals surface area contributed by atoms with Gasteiger partial charge in [0.25, 0.3) is 5.88 Å². The van der Waals surface area contributed by atoms with Crippen LogP contribution in [0.5, 0.6) is 5.88 Å². The molecule has 0 aliphatic rings. The van der Waals surface area contributed by atoms with Gasteiger partial charge >= 0.3 is 5.97 Å². The first-order valence-electron chi connectivity index (χ1n) is 3.72. The molecule has 14 heavy (non-hydrogen) atoms. The summed E-state index contributed by atoms with van der Waals surface area (Å²) in [5.74, 6) is -0.457. The number of aromatic nitrogens is 1. The number of halogens is 1. The minimum Gasteiger partial charge on any atom is -0.480 e. The third kappa shape index (κ3) is 2.24. The maximum atomic E-state index is 10.5. The molecule has 78 valence electrons. The van der Waals surface area contributed by atoms with Gasteiger partial charge in [-0.25, -0.2) is 0 Å². The Hall–Kier alpha value is -1.08. The van der Waals surface area contributed by atoms with Crippen LogP contribution in [0.1, 0.15) is 5.76 Å². The van der Waals surface area contributed by atoms with Gasteiger partial charge in [0.2, 0.25) is 0 Å². The van der Waals surface area contributed by atoms with Gasteiger partial charge in [-0.15, -0.1) is 0 Å². The van der Waals surface area contributed by atoms with Crippen LogP contribution in [0.4, 0.5) is 0 Å². The summed E-state index contributed by atoms with van der Waals surface area (Å²) < 4.78 is 10.2. The molecule has 0 unspecified atom stereocenters. The van der Waals surface area contributed by atoms with Gasteiger partial charge in [-0.05, 0) is 21.1 Å². The molecule has 0 aliphatic carbocycles. The van der Waals surface area contributed by atoms with Gasteiger partial charge < -0.3 is 20.1 Å². The van der Waals surface area contributed by atoms with E-state index in [4.69, 9.17) is 20.1 Å². The summed E-state index contributed by atoms with van der Waals surface area (Å²) >= 11 is 3.16. The standard InChI is InChI=1S/C7H9BrN2O4/c1-13-6-5(8)4(14-10-6)2-3(9)7(11)12/h3H,2,9H2,1H3,(H,11,12)/t3-/m1/s1. The van der Waals surface area contributed by atoms with Crippen LogP contribution in [0, 0.1) is 0 Å². The van der Waals surface area contributed by atoms with E-state index in [9.17, 15) is 4.79 Å². The van der Waals surface area contributed by atoms with E-state index in [1.807, 2.05) is 0 Å². The van der Waals surface area contributed by atoms with E-state index < -0.39 is 12.0 Å². The van der Waals surface area contributed by atoms with E-state index in [-0.39, 0.29) is 12.3 Å². The Balaban J connectivity index is 2.77. The first kappa shape index (κ1) is 11.0. The van der Waals surface area contributed by atoms with Crippen molar-refractivity contribution in [2.75, 3.05) is 7.11 Å². The van der Waals surface area contributed by atoms with E-state index >= 15 is 0 Å². The summed E-state index contributed by atoms with van der Waals surface area (Å²) in [4.78, 5) is 10.5. The number of carboxylic acid groups (broad SMARTS) is 1. The van der Waals surface area contributed by atoms with Crippen molar-refractivity contribution in [3.05, 3.63) is 10.2 Å². The molecule has 7 heteroatoms. The molecule has 0 spiro atoms. The van der Waals surface area contributed by atoms with Gasteiger partial charge in [0.05, 0.1) is 7.11 Å². The fraction of sp³-hybridized carbons (Fsp3) is 0.429. The Morgan fingerprint density at radius 2 is 2.50 bits per heavy atom. The molecule has 1 heterocycles. The first-order chi connectivity index (χ1) is 6.56. The van der Waals surface area contributed by atoms with Crippen molar-refractivity contribution in [2.45, 2.75) is 12.5 Å². The van der Waals surface area contributed by atoms with Crippen molar-refractivity contribution >= 4 is 21.9 Å². The highest BCUT2D eigenvalue weighted by atomic mass is 79.9. The number of ether oxygens (including phenoxy) is 1. The fourth-order valence-electron chi connectivity index (χ4n) is 0.837. The predicted octanol–water partition coefficient (Wildman–Crippen LogP) is 0.400. The molecule has 0 saturated heterocycles. The summed E-state index contributed by atoms with van der Waals surface area (Å²) in [6.07, 6.45) is 0.0618. The lowest BCUT2D eigenvalue weighted by Crippen LogP contribution is -2.32. The largest absolute Gasteiger partial charge is 0.480 e. The zero-order valence-electron chi connectivity index (χ0n) is 7.36. The van der Waals surface area contributed by atoms with Crippen LogP contribution in [0.2, 0.25) is 0 Å². The summed E-state index contributed by atoms with van der Waals surface area (Å²) in [6.45, 7) is 0. The number of methoxy groups -OCH3 is 1. The molecule has 0 aliphatic heterocycles. The molecule has 0 radical (unpaired) electrons. The number of nitrogens with two attached hydrogens (primary N) is 1. The zero-order valence-corrected chi connectivity index (χ0v) is 8.94. The van der Waals surface area contributed by atoms with Crippen LogP contribution >= 0.6 is 15.9 Å². The second-order valence-electron chi connectivity index (χ2n) is 2.58. The van der Waals surface area contributed by atoms with E-state index in [1.165, 1.54) is 7.11 Å². The normalized spacial score (nSPS) is 12.5. The third-order valence-corrected chi connectivity index (χ3v) is 2.37. The quantitative estimate of drug-likeness (QED) is 0.817. The maximum Gasteiger partial charge on any atom is 0.320 e. The molecular weight excluding hydrogens is 256 g/mol. The summed E-state index contributed by atoms with van der Waals surface area (Å²) in [5, 5.41) is 12.1. The van der Waals surface area contributed by atoms with Gasteiger partial charge in [-0.2, -0.15) is 0 Å². The van der Waals surface area contributed by atoms with Crippen molar-refractivity contribution in [1.29, 1.82) is 0 Å². The maximum absolute atomic E-state index is 10.5.